The van der Waals surface area contributed by atoms with Gasteiger partial charge in [-0.25, -0.2) is 22.9 Å². The lowest BCUT2D eigenvalue weighted by molar-refractivity contribution is 0.567. The number of sulfonamides is 1. The van der Waals surface area contributed by atoms with Crippen molar-refractivity contribution in [3.8, 4) is 11.5 Å². The number of nitrogens with zero attached hydrogens (tertiary/aromatic N) is 3. The molecule has 0 saturated heterocycles. The molecule has 27 heavy (non-hydrogen) atoms. The van der Waals surface area contributed by atoms with Crippen molar-refractivity contribution >= 4 is 10.0 Å². The van der Waals surface area contributed by atoms with Crippen LogP contribution in [0.5, 0.6) is 0 Å². The lowest BCUT2D eigenvalue weighted by Crippen LogP contribution is -2.41. The second kappa shape index (κ2) is 7.33. The van der Waals surface area contributed by atoms with E-state index in [2.05, 4.69) is 9.71 Å². The van der Waals surface area contributed by atoms with Gasteiger partial charge in [-0.15, -0.1) is 0 Å². The van der Waals surface area contributed by atoms with Crippen LogP contribution >= 0.6 is 0 Å². The van der Waals surface area contributed by atoms with Crippen molar-refractivity contribution in [1.82, 2.24) is 18.8 Å². The molecule has 0 spiro atoms. The summed E-state index contributed by atoms with van der Waals surface area (Å²) in [6.45, 7) is 0.0229. The van der Waals surface area contributed by atoms with E-state index in [-0.39, 0.29) is 13.0 Å². The molecule has 0 amide bonds. The highest BCUT2D eigenvalue weighted by Crippen LogP contribution is 2.17. The molecule has 0 aliphatic heterocycles. The highest BCUT2D eigenvalue weighted by molar-refractivity contribution is 7.89. The molecule has 0 bridgehead atoms. The van der Waals surface area contributed by atoms with E-state index in [1.165, 1.54) is 20.4 Å². The second-order valence-corrected chi connectivity index (χ2v) is 7.64. The number of hydrogen-bond acceptors (Lipinski definition) is 6. The van der Waals surface area contributed by atoms with Gasteiger partial charge in [0.25, 0.3) is 5.56 Å². The zero-order valence-corrected chi connectivity index (χ0v) is 15.6. The molecule has 10 heteroatoms. The summed E-state index contributed by atoms with van der Waals surface area (Å²) >= 11 is 0. The van der Waals surface area contributed by atoms with Gasteiger partial charge in [0.15, 0.2) is 4.90 Å². The molecule has 2 aromatic heterocycles. The summed E-state index contributed by atoms with van der Waals surface area (Å²) < 4.78 is 34.3. The minimum Gasteiger partial charge on any atom is -0.444 e. The van der Waals surface area contributed by atoms with E-state index in [0.717, 1.165) is 20.9 Å². The van der Waals surface area contributed by atoms with Gasteiger partial charge in [-0.2, -0.15) is 0 Å². The fourth-order valence-corrected chi connectivity index (χ4v) is 3.68. The monoisotopic (exact) mass is 390 g/mol. The predicted molar refractivity (Wildman–Crippen MR) is 97.8 cm³/mol. The van der Waals surface area contributed by atoms with Gasteiger partial charge in [0.05, 0.1) is 5.69 Å². The van der Waals surface area contributed by atoms with Gasteiger partial charge >= 0.3 is 5.69 Å². The minimum absolute atomic E-state index is 0.0229. The summed E-state index contributed by atoms with van der Waals surface area (Å²) in [5.41, 5.74) is -0.0867. The van der Waals surface area contributed by atoms with Gasteiger partial charge in [0, 0.05) is 38.8 Å². The summed E-state index contributed by atoms with van der Waals surface area (Å²) in [7, 11) is -1.47. The molecular formula is C17H18N4O5S. The van der Waals surface area contributed by atoms with Crippen molar-refractivity contribution in [3.63, 3.8) is 0 Å². The zero-order valence-electron chi connectivity index (χ0n) is 14.7. The van der Waals surface area contributed by atoms with Crippen molar-refractivity contribution < 1.29 is 12.8 Å². The molecule has 0 aliphatic rings. The third kappa shape index (κ3) is 3.91. The van der Waals surface area contributed by atoms with Gasteiger partial charge in [-0.05, 0) is 12.1 Å². The number of aryl methyl sites for hydroxylation is 1. The summed E-state index contributed by atoms with van der Waals surface area (Å²) in [6, 6.07) is 9.31. The molecule has 2 heterocycles. The number of hydrogen-bond donors (Lipinski definition) is 1. The Labute approximate surface area is 155 Å². The van der Waals surface area contributed by atoms with Crippen molar-refractivity contribution in [1.29, 1.82) is 0 Å². The number of aromatic nitrogens is 3. The van der Waals surface area contributed by atoms with Gasteiger partial charge in [-0.1, -0.05) is 18.2 Å². The average Bonchev–Trinajstić information content (AvgIpc) is 3.12. The Morgan fingerprint density at radius 3 is 2.56 bits per heavy atom. The summed E-state index contributed by atoms with van der Waals surface area (Å²) in [5.74, 6) is 0.445. The molecule has 0 radical (unpaired) electrons. The molecule has 0 saturated carbocycles. The van der Waals surface area contributed by atoms with Gasteiger partial charge in [0.2, 0.25) is 15.9 Å². The van der Waals surface area contributed by atoms with Crippen molar-refractivity contribution in [2.75, 3.05) is 6.54 Å². The van der Waals surface area contributed by atoms with E-state index in [1.807, 2.05) is 30.3 Å². The number of benzene rings is 1. The van der Waals surface area contributed by atoms with E-state index < -0.39 is 26.2 Å². The second-order valence-electron chi connectivity index (χ2n) is 5.91. The zero-order chi connectivity index (χ0) is 19.6. The molecule has 3 aromatic rings. The van der Waals surface area contributed by atoms with E-state index >= 15 is 0 Å². The van der Waals surface area contributed by atoms with Gasteiger partial charge < -0.3 is 8.98 Å². The Hall–Kier alpha value is -2.98. The summed E-state index contributed by atoms with van der Waals surface area (Å²) in [6.07, 6.45) is 2.75. The summed E-state index contributed by atoms with van der Waals surface area (Å²) in [5, 5.41) is 0. The Kier molecular flexibility index (Phi) is 5.10. The number of rotatable bonds is 6. The first-order chi connectivity index (χ1) is 12.8. The minimum atomic E-state index is -4.07. The molecule has 1 aromatic carbocycles. The number of oxazole rings is 1. The van der Waals surface area contributed by atoms with Crippen LogP contribution < -0.4 is 16.0 Å². The molecule has 0 unspecified atom stereocenters. The summed E-state index contributed by atoms with van der Waals surface area (Å²) in [4.78, 5) is 27.6. The molecule has 0 atom stereocenters. The Bertz CT molecular complexity index is 1180. The molecule has 142 valence electrons. The maximum absolute atomic E-state index is 12.4. The lowest BCUT2D eigenvalue weighted by atomic mass is 10.2. The van der Waals surface area contributed by atoms with Crippen LogP contribution in [0.4, 0.5) is 0 Å². The van der Waals surface area contributed by atoms with Crippen LogP contribution in [0, 0.1) is 0 Å². The van der Waals surface area contributed by atoms with E-state index in [9.17, 15) is 18.0 Å². The maximum Gasteiger partial charge on any atom is 0.330 e. The quantitative estimate of drug-likeness (QED) is 0.645. The molecular weight excluding hydrogens is 372 g/mol. The Morgan fingerprint density at radius 2 is 1.85 bits per heavy atom. The first-order valence-corrected chi connectivity index (χ1v) is 9.54. The molecule has 0 aliphatic carbocycles. The van der Waals surface area contributed by atoms with Crippen molar-refractivity contribution in [2.24, 2.45) is 14.1 Å². The largest absolute Gasteiger partial charge is 0.444 e. The van der Waals surface area contributed by atoms with Crippen LogP contribution in [-0.2, 0) is 30.5 Å². The maximum atomic E-state index is 12.4. The van der Waals surface area contributed by atoms with Gasteiger partial charge in [0.1, 0.15) is 6.26 Å². The highest BCUT2D eigenvalue weighted by atomic mass is 32.2. The topological polar surface area (TPSA) is 116 Å². The van der Waals surface area contributed by atoms with Crippen LogP contribution in [0.25, 0.3) is 11.5 Å². The Balaban J connectivity index is 1.72. The SMILES string of the molecule is Cn1cc(S(=O)(=O)NCCc2coc(-c3ccccc3)n2)c(=O)n(C)c1=O. The molecule has 0 fully saturated rings. The number of nitrogens with one attached hydrogen (secondary N) is 1. The Morgan fingerprint density at radius 1 is 1.15 bits per heavy atom. The normalized spacial score (nSPS) is 11.6. The molecule has 1 N–H and O–H groups in total. The standard InChI is InChI=1S/C17H18N4O5S/c1-20-10-14(16(22)21(2)17(20)23)27(24,25)18-9-8-13-11-26-15(19-13)12-6-4-3-5-7-12/h3-7,10-11,18H,8-9H2,1-2H3. The highest BCUT2D eigenvalue weighted by Gasteiger charge is 2.21. The van der Waals surface area contributed by atoms with E-state index in [4.69, 9.17) is 4.42 Å². The lowest BCUT2D eigenvalue weighted by Gasteiger charge is -2.08. The first-order valence-electron chi connectivity index (χ1n) is 8.06. The van der Waals surface area contributed by atoms with E-state index in [0.29, 0.717) is 11.6 Å². The molecule has 9 nitrogen and oxygen atoms in total. The fourth-order valence-electron chi connectivity index (χ4n) is 2.49. The van der Waals surface area contributed by atoms with Crippen molar-refractivity contribution in [2.45, 2.75) is 11.3 Å². The third-order valence-corrected chi connectivity index (χ3v) is 5.39. The average molecular weight is 390 g/mol. The van der Waals surface area contributed by atoms with E-state index in [1.54, 1.807) is 0 Å². The van der Waals surface area contributed by atoms with Crippen LogP contribution in [0.2, 0.25) is 0 Å². The van der Waals surface area contributed by atoms with Crippen LogP contribution in [0.15, 0.2) is 61.7 Å². The first kappa shape index (κ1) is 18.8. The third-order valence-electron chi connectivity index (χ3n) is 3.95. The van der Waals surface area contributed by atoms with Crippen molar-refractivity contribution in [3.05, 3.63) is 69.3 Å². The van der Waals surface area contributed by atoms with Crippen LogP contribution in [0.1, 0.15) is 5.69 Å². The molecule has 3 rings (SSSR count). The fraction of sp³-hybridized carbons (Fsp3) is 0.235. The smallest absolute Gasteiger partial charge is 0.330 e. The van der Waals surface area contributed by atoms with Crippen LogP contribution in [-0.4, -0.2) is 29.1 Å². The van der Waals surface area contributed by atoms with Crippen LogP contribution in [0.3, 0.4) is 0 Å². The predicted octanol–water partition coefficient (Wildman–Crippen LogP) is 0.260. The van der Waals surface area contributed by atoms with Gasteiger partial charge in [-0.3, -0.25) is 9.36 Å².